The van der Waals surface area contributed by atoms with E-state index in [9.17, 15) is 14.0 Å². The maximum absolute atomic E-state index is 14.3. The normalized spacial score (nSPS) is 16.6. The Kier molecular flexibility index (Phi) is 6.79. The topological polar surface area (TPSA) is 114 Å². The number of aromatic nitrogens is 4. The Labute approximate surface area is 207 Å². The van der Waals surface area contributed by atoms with Crippen LogP contribution in [-0.4, -0.2) is 88.2 Å². The van der Waals surface area contributed by atoms with Crippen molar-refractivity contribution in [1.82, 2.24) is 24.3 Å². The molecular weight excluding hydrogens is 469 g/mol. The lowest BCUT2D eigenvalue weighted by molar-refractivity contribution is -0.154. The van der Waals surface area contributed by atoms with Crippen molar-refractivity contribution >= 4 is 29.0 Å². The smallest absolute Gasteiger partial charge is 0.332 e. The fourth-order valence-electron chi connectivity index (χ4n) is 4.45. The van der Waals surface area contributed by atoms with Crippen molar-refractivity contribution in [3.8, 4) is 0 Å². The molecule has 0 unspecified atom stereocenters. The lowest BCUT2D eigenvalue weighted by Crippen LogP contribution is -2.59. The third kappa shape index (κ3) is 5.29. The zero-order chi connectivity index (χ0) is 25.2. The molecule has 0 aromatic carbocycles. The van der Waals surface area contributed by atoms with E-state index < -0.39 is 11.7 Å². The highest BCUT2D eigenvalue weighted by atomic mass is 19.1. The Morgan fingerprint density at radius 1 is 1.17 bits per heavy atom. The van der Waals surface area contributed by atoms with Gasteiger partial charge in [0, 0.05) is 57.1 Å². The summed E-state index contributed by atoms with van der Waals surface area (Å²) in [6.07, 6.45) is 6.37. The number of carbonyl (C=O) groups is 2. The average Bonchev–Trinajstić information content (AvgIpc) is 3.17. The molecule has 3 aromatic rings. The summed E-state index contributed by atoms with van der Waals surface area (Å²) >= 11 is 0. The first kappa shape index (κ1) is 24.1. The monoisotopic (exact) mass is 497 g/mol. The molecule has 0 aliphatic carbocycles. The molecule has 2 aliphatic rings. The number of rotatable bonds is 9. The summed E-state index contributed by atoms with van der Waals surface area (Å²) in [5.74, 6) is -0.0905. The van der Waals surface area contributed by atoms with Crippen LogP contribution in [0.4, 0.5) is 15.9 Å². The van der Waals surface area contributed by atoms with Gasteiger partial charge < -0.3 is 24.1 Å². The van der Waals surface area contributed by atoms with Gasteiger partial charge in [0.25, 0.3) is 5.91 Å². The second-order valence-electron chi connectivity index (χ2n) is 9.13. The molecule has 0 atom stereocenters. The summed E-state index contributed by atoms with van der Waals surface area (Å²) in [5.41, 5.74) is 1.34. The minimum atomic E-state index is -0.521. The molecule has 0 bridgehead atoms. The number of nitrogens with zero attached hydrogens (tertiary/aromatic N) is 6. The van der Waals surface area contributed by atoms with E-state index in [1.54, 1.807) is 32.4 Å². The number of halogens is 1. The van der Waals surface area contributed by atoms with Crippen molar-refractivity contribution < 1.29 is 23.5 Å². The van der Waals surface area contributed by atoms with Gasteiger partial charge in [0.15, 0.2) is 11.5 Å². The van der Waals surface area contributed by atoms with Crippen LogP contribution in [0.1, 0.15) is 23.1 Å². The number of aryl methyl sites for hydroxylation is 1. The summed E-state index contributed by atoms with van der Waals surface area (Å²) in [6.45, 7) is 8.22. The van der Waals surface area contributed by atoms with Crippen LogP contribution in [0.5, 0.6) is 0 Å². The number of anilines is 2. The van der Waals surface area contributed by atoms with E-state index in [0.717, 1.165) is 32.7 Å². The quantitative estimate of drug-likeness (QED) is 0.440. The fourth-order valence-corrected chi connectivity index (χ4v) is 4.45. The van der Waals surface area contributed by atoms with Gasteiger partial charge in [-0.15, -0.1) is 0 Å². The van der Waals surface area contributed by atoms with Crippen molar-refractivity contribution in [2.24, 2.45) is 5.92 Å². The molecular formula is C24H28FN7O4. The minimum Gasteiger partial charge on any atom is -0.464 e. The number of fused-ring (bicyclic) bond motifs is 1. The number of carbonyl (C=O) groups excluding carboxylic acids is 2. The van der Waals surface area contributed by atoms with Gasteiger partial charge in [-0.3, -0.25) is 9.69 Å². The molecule has 5 rings (SSSR count). The van der Waals surface area contributed by atoms with Crippen LogP contribution in [0.2, 0.25) is 0 Å². The van der Waals surface area contributed by atoms with Crippen LogP contribution in [0, 0.1) is 18.7 Å². The summed E-state index contributed by atoms with van der Waals surface area (Å²) in [5, 5.41) is 2.66. The number of hydrogen-bond donors (Lipinski definition) is 1. The van der Waals surface area contributed by atoms with Crippen molar-refractivity contribution in [1.29, 1.82) is 0 Å². The number of nitrogens with one attached hydrogen (secondary N) is 1. The van der Waals surface area contributed by atoms with Crippen molar-refractivity contribution in [2.75, 3.05) is 56.2 Å². The molecule has 0 radical (unpaired) electrons. The van der Waals surface area contributed by atoms with E-state index in [1.165, 1.54) is 16.7 Å². The molecule has 11 nitrogen and oxygen atoms in total. The van der Waals surface area contributed by atoms with Gasteiger partial charge in [-0.05, 0) is 13.8 Å². The van der Waals surface area contributed by atoms with Gasteiger partial charge in [-0.1, -0.05) is 0 Å². The van der Waals surface area contributed by atoms with Crippen LogP contribution in [0.25, 0.3) is 5.65 Å². The number of amides is 1. The third-order valence-electron chi connectivity index (χ3n) is 6.22. The van der Waals surface area contributed by atoms with Crippen LogP contribution in [0.15, 0.2) is 30.9 Å². The zero-order valence-electron chi connectivity index (χ0n) is 20.2. The van der Waals surface area contributed by atoms with E-state index in [4.69, 9.17) is 9.47 Å². The largest absolute Gasteiger partial charge is 0.464 e. The standard InChI is InChI=1S/C24H28FN7O4/c1-3-35-22(33)14-36-18-12-30(13-18)8-16-9-31(10-16)21-6-26-20(5-27-21)24(34)29-17-4-19(25)23-28-15(2)7-32(23)11-17/h4-7,11,16,18H,3,8-10,12-14H2,1-2H3,(H,29,34). The Morgan fingerprint density at radius 3 is 2.69 bits per heavy atom. The van der Waals surface area contributed by atoms with E-state index in [1.807, 2.05) is 0 Å². The van der Waals surface area contributed by atoms with Gasteiger partial charge in [-0.2, -0.15) is 0 Å². The molecule has 5 heterocycles. The molecule has 2 saturated heterocycles. The van der Waals surface area contributed by atoms with Gasteiger partial charge in [0.2, 0.25) is 0 Å². The summed E-state index contributed by atoms with van der Waals surface area (Å²) in [7, 11) is 0. The molecule has 0 saturated carbocycles. The van der Waals surface area contributed by atoms with Gasteiger partial charge in [0.1, 0.15) is 18.1 Å². The average molecular weight is 498 g/mol. The second kappa shape index (κ2) is 10.2. The van der Waals surface area contributed by atoms with E-state index >= 15 is 0 Å². The predicted molar refractivity (Wildman–Crippen MR) is 128 cm³/mol. The van der Waals surface area contributed by atoms with E-state index in [0.29, 0.717) is 29.7 Å². The van der Waals surface area contributed by atoms with Crippen LogP contribution >= 0.6 is 0 Å². The first-order valence-electron chi connectivity index (χ1n) is 11.9. The molecule has 2 fully saturated rings. The highest BCUT2D eigenvalue weighted by Crippen LogP contribution is 2.25. The van der Waals surface area contributed by atoms with E-state index in [-0.39, 0.29) is 30.0 Å². The Bertz CT molecular complexity index is 1250. The van der Waals surface area contributed by atoms with Crippen LogP contribution in [-0.2, 0) is 14.3 Å². The van der Waals surface area contributed by atoms with Crippen molar-refractivity contribution in [2.45, 2.75) is 20.0 Å². The molecule has 1 amide bonds. The first-order valence-corrected chi connectivity index (χ1v) is 11.9. The molecule has 0 spiro atoms. The van der Waals surface area contributed by atoms with Gasteiger partial charge in [0.05, 0.1) is 36.5 Å². The Balaban J connectivity index is 1.06. The minimum absolute atomic E-state index is 0.00662. The van der Waals surface area contributed by atoms with Crippen LogP contribution in [0.3, 0.4) is 0 Å². The first-order chi connectivity index (χ1) is 17.4. The zero-order valence-corrected chi connectivity index (χ0v) is 20.2. The summed E-state index contributed by atoms with van der Waals surface area (Å²) in [6, 6.07) is 1.23. The molecule has 1 N–H and O–H groups in total. The predicted octanol–water partition coefficient (Wildman–Crippen LogP) is 1.52. The number of pyridine rings is 1. The maximum Gasteiger partial charge on any atom is 0.332 e. The highest BCUT2D eigenvalue weighted by Gasteiger charge is 2.35. The van der Waals surface area contributed by atoms with Crippen molar-refractivity contribution in [3.63, 3.8) is 0 Å². The fraction of sp³-hybridized carbons (Fsp3) is 0.458. The number of hydrogen-bond acceptors (Lipinski definition) is 9. The molecule has 12 heteroatoms. The number of ether oxygens (including phenoxy) is 2. The van der Waals surface area contributed by atoms with E-state index in [2.05, 4.69) is 30.1 Å². The van der Waals surface area contributed by atoms with Gasteiger partial charge >= 0.3 is 5.97 Å². The lowest BCUT2D eigenvalue weighted by atomic mass is 9.97. The Morgan fingerprint density at radius 2 is 1.97 bits per heavy atom. The molecule has 36 heavy (non-hydrogen) atoms. The summed E-state index contributed by atoms with van der Waals surface area (Å²) < 4.78 is 26.2. The number of imidazole rings is 1. The number of likely N-dealkylation sites (tertiary alicyclic amines) is 1. The maximum atomic E-state index is 14.3. The third-order valence-corrected chi connectivity index (χ3v) is 6.22. The highest BCUT2D eigenvalue weighted by molar-refractivity contribution is 6.02. The number of esters is 1. The second-order valence-corrected chi connectivity index (χ2v) is 9.13. The van der Waals surface area contributed by atoms with Crippen LogP contribution < -0.4 is 10.2 Å². The Hall–Kier alpha value is -3.64. The molecule has 3 aromatic heterocycles. The van der Waals surface area contributed by atoms with Gasteiger partial charge in [-0.25, -0.2) is 24.1 Å². The van der Waals surface area contributed by atoms with Crippen molar-refractivity contribution in [3.05, 3.63) is 48.1 Å². The lowest BCUT2D eigenvalue weighted by Gasteiger charge is -2.46. The summed E-state index contributed by atoms with van der Waals surface area (Å²) in [4.78, 5) is 41.1. The SMILES string of the molecule is CCOC(=O)COC1CN(CC2CN(c3cnc(C(=O)Nc4cc(F)c5nc(C)cn5c4)cn3)C2)C1. The molecule has 2 aliphatic heterocycles. The molecule has 190 valence electrons.